The second-order valence-corrected chi connectivity index (χ2v) is 6.77. The van der Waals surface area contributed by atoms with E-state index in [4.69, 9.17) is 16.3 Å². The van der Waals surface area contributed by atoms with Gasteiger partial charge < -0.3 is 9.30 Å². The topological polar surface area (TPSA) is 60.7 Å². The number of fused-ring (bicyclic) bond motifs is 1. The predicted octanol–water partition coefficient (Wildman–Crippen LogP) is 3.20. The Morgan fingerprint density at radius 2 is 1.88 bits per heavy atom. The standard InChI is InChI=1S/C18H15ClN2O3S/c1-24-17(23)11-21-14-4-2-3-5-15(14)25-18(21)20-16(22)10-12-6-8-13(19)9-7-12/h2-9H,10-11H2,1H3. The van der Waals surface area contributed by atoms with Gasteiger partial charge >= 0.3 is 5.97 Å². The minimum Gasteiger partial charge on any atom is -0.468 e. The lowest BCUT2D eigenvalue weighted by Crippen LogP contribution is -2.22. The van der Waals surface area contributed by atoms with Crippen LogP contribution in [0.1, 0.15) is 5.56 Å². The molecule has 0 aliphatic heterocycles. The first-order valence-electron chi connectivity index (χ1n) is 7.54. The molecule has 0 spiro atoms. The van der Waals surface area contributed by atoms with Gasteiger partial charge in [0, 0.05) is 5.02 Å². The first-order valence-corrected chi connectivity index (χ1v) is 8.73. The largest absolute Gasteiger partial charge is 0.468 e. The zero-order valence-electron chi connectivity index (χ0n) is 13.4. The van der Waals surface area contributed by atoms with E-state index in [2.05, 4.69) is 4.99 Å². The molecule has 1 heterocycles. The fourth-order valence-corrected chi connectivity index (χ4v) is 3.55. The van der Waals surface area contributed by atoms with Crippen LogP contribution >= 0.6 is 22.9 Å². The van der Waals surface area contributed by atoms with Crippen LogP contribution in [0.15, 0.2) is 53.5 Å². The van der Waals surface area contributed by atoms with Gasteiger partial charge in [0.05, 0.1) is 23.7 Å². The Bertz CT molecular complexity index is 989. The van der Waals surface area contributed by atoms with Crippen LogP contribution in [0.2, 0.25) is 5.02 Å². The summed E-state index contributed by atoms with van der Waals surface area (Å²) in [4.78, 5) is 28.7. The highest BCUT2D eigenvalue weighted by molar-refractivity contribution is 7.16. The van der Waals surface area contributed by atoms with Crippen LogP contribution < -0.4 is 4.80 Å². The molecule has 7 heteroatoms. The van der Waals surface area contributed by atoms with Gasteiger partial charge in [-0.05, 0) is 29.8 Å². The molecule has 0 aliphatic carbocycles. The van der Waals surface area contributed by atoms with Crippen molar-refractivity contribution in [2.45, 2.75) is 13.0 Å². The van der Waals surface area contributed by atoms with Gasteiger partial charge in [-0.2, -0.15) is 4.99 Å². The number of hydrogen-bond donors (Lipinski definition) is 0. The van der Waals surface area contributed by atoms with E-state index in [9.17, 15) is 9.59 Å². The number of amides is 1. The lowest BCUT2D eigenvalue weighted by atomic mass is 10.1. The van der Waals surface area contributed by atoms with Crippen molar-refractivity contribution in [2.24, 2.45) is 4.99 Å². The molecule has 1 amide bonds. The maximum atomic E-state index is 12.3. The van der Waals surface area contributed by atoms with E-state index in [0.29, 0.717) is 9.82 Å². The second-order valence-electron chi connectivity index (χ2n) is 5.32. The first kappa shape index (κ1) is 17.4. The summed E-state index contributed by atoms with van der Waals surface area (Å²) in [7, 11) is 1.33. The van der Waals surface area contributed by atoms with E-state index >= 15 is 0 Å². The molecule has 0 N–H and O–H groups in total. The van der Waals surface area contributed by atoms with E-state index in [0.717, 1.165) is 15.8 Å². The molecule has 0 aliphatic rings. The fourth-order valence-electron chi connectivity index (χ4n) is 2.38. The van der Waals surface area contributed by atoms with Crippen molar-refractivity contribution in [3.63, 3.8) is 0 Å². The number of nitrogens with zero attached hydrogens (tertiary/aromatic N) is 2. The van der Waals surface area contributed by atoms with Crippen molar-refractivity contribution in [1.82, 2.24) is 4.57 Å². The average Bonchev–Trinajstić information content (AvgIpc) is 2.94. The molecule has 0 fully saturated rings. The molecule has 0 unspecified atom stereocenters. The number of benzene rings is 2. The highest BCUT2D eigenvalue weighted by Gasteiger charge is 2.11. The number of hydrogen-bond acceptors (Lipinski definition) is 4. The van der Waals surface area contributed by atoms with Gasteiger partial charge in [-0.1, -0.05) is 47.2 Å². The molecular weight excluding hydrogens is 360 g/mol. The summed E-state index contributed by atoms with van der Waals surface area (Å²) in [5.74, 6) is -0.678. The Kier molecular flexibility index (Phi) is 5.31. The lowest BCUT2D eigenvalue weighted by Gasteiger charge is -2.03. The number of para-hydroxylation sites is 1. The second kappa shape index (κ2) is 7.63. The molecule has 5 nitrogen and oxygen atoms in total. The molecular formula is C18H15ClN2O3S. The zero-order valence-corrected chi connectivity index (χ0v) is 15.0. The van der Waals surface area contributed by atoms with Crippen LogP contribution in [-0.2, 0) is 27.3 Å². The third-order valence-electron chi connectivity index (χ3n) is 3.59. The fraction of sp³-hybridized carbons (Fsp3) is 0.167. The van der Waals surface area contributed by atoms with E-state index in [-0.39, 0.29) is 18.9 Å². The SMILES string of the molecule is COC(=O)Cn1c(=NC(=O)Cc2ccc(Cl)cc2)sc2ccccc21. The minimum atomic E-state index is -0.393. The molecule has 0 saturated heterocycles. The van der Waals surface area contributed by atoms with Gasteiger partial charge in [0.2, 0.25) is 0 Å². The summed E-state index contributed by atoms with van der Waals surface area (Å²) in [6, 6.07) is 14.7. The smallest absolute Gasteiger partial charge is 0.325 e. The van der Waals surface area contributed by atoms with Gasteiger partial charge in [-0.15, -0.1) is 0 Å². The Balaban J connectivity index is 1.96. The number of esters is 1. The van der Waals surface area contributed by atoms with Crippen molar-refractivity contribution in [3.8, 4) is 0 Å². The summed E-state index contributed by atoms with van der Waals surface area (Å²) in [6.45, 7) is 0.00751. The van der Waals surface area contributed by atoms with Gasteiger partial charge in [-0.25, -0.2) is 0 Å². The van der Waals surface area contributed by atoms with Crippen molar-refractivity contribution in [1.29, 1.82) is 0 Å². The van der Waals surface area contributed by atoms with Crippen molar-refractivity contribution >= 4 is 45.0 Å². The van der Waals surface area contributed by atoms with Gasteiger partial charge in [0.15, 0.2) is 4.80 Å². The van der Waals surface area contributed by atoms with E-state index < -0.39 is 5.97 Å². The number of thiazole rings is 1. The highest BCUT2D eigenvalue weighted by atomic mass is 35.5. The van der Waals surface area contributed by atoms with Crippen molar-refractivity contribution in [3.05, 3.63) is 63.9 Å². The Morgan fingerprint density at radius 3 is 2.60 bits per heavy atom. The molecule has 0 atom stereocenters. The summed E-state index contributed by atoms with van der Waals surface area (Å²) in [5, 5.41) is 0.619. The molecule has 0 radical (unpaired) electrons. The quantitative estimate of drug-likeness (QED) is 0.659. The third-order valence-corrected chi connectivity index (χ3v) is 4.90. The molecule has 0 saturated carbocycles. The van der Waals surface area contributed by atoms with E-state index in [1.54, 1.807) is 28.8 Å². The van der Waals surface area contributed by atoms with Crippen molar-refractivity contribution < 1.29 is 14.3 Å². The summed E-state index contributed by atoms with van der Waals surface area (Å²) in [5.41, 5.74) is 1.68. The number of carbonyl (C=O) groups is 2. The first-order chi connectivity index (χ1) is 12.1. The zero-order chi connectivity index (χ0) is 17.8. The van der Waals surface area contributed by atoms with Gasteiger partial charge in [0.1, 0.15) is 6.54 Å². The number of carbonyl (C=O) groups excluding carboxylic acids is 2. The number of aromatic nitrogens is 1. The minimum absolute atomic E-state index is 0.00751. The normalized spacial score (nSPS) is 11.7. The molecule has 0 bridgehead atoms. The maximum absolute atomic E-state index is 12.3. The number of ether oxygens (including phenoxy) is 1. The van der Waals surface area contributed by atoms with Crippen LogP contribution in [0.25, 0.3) is 10.2 Å². The lowest BCUT2D eigenvalue weighted by molar-refractivity contribution is -0.141. The van der Waals surface area contributed by atoms with Crippen LogP contribution in [-0.4, -0.2) is 23.6 Å². The Hall–Kier alpha value is -2.44. The van der Waals surface area contributed by atoms with Crippen LogP contribution in [0, 0.1) is 0 Å². The van der Waals surface area contributed by atoms with Crippen molar-refractivity contribution in [2.75, 3.05) is 7.11 Å². The Labute approximate surface area is 153 Å². The molecule has 128 valence electrons. The van der Waals surface area contributed by atoms with E-state index in [1.165, 1.54) is 18.4 Å². The number of rotatable bonds is 4. The molecule has 1 aromatic heterocycles. The summed E-state index contributed by atoms with van der Waals surface area (Å²) in [6.07, 6.45) is 0.170. The predicted molar refractivity (Wildman–Crippen MR) is 97.6 cm³/mol. The third kappa shape index (κ3) is 4.15. The van der Waals surface area contributed by atoms with Gasteiger partial charge in [-0.3, -0.25) is 9.59 Å². The molecule has 3 rings (SSSR count). The molecule has 2 aromatic carbocycles. The Morgan fingerprint density at radius 1 is 1.16 bits per heavy atom. The van der Waals surface area contributed by atoms with E-state index in [1.807, 2.05) is 24.3 Å². The molecule has 3 aromatic rings. The average molecular weight is 375 g/mol. The number of halogens is 1. The monoisotopic (exact) mass is 374 g/mol. The maximum Gasteiger partial charge on any atom is 0.325 e. The van der Waals surface area contributed by atoms with Crippen LogP contribution in [0.5, 0.6) is 0 Å². The summed E-state index contributed by atoms with van der Waals surface area (Å²) >= 11 is 7.22. The van der Waals surface area contributed by atoms with Crippen LogP contribution in [0.3, 0.4) is 0 Å². The van der Waals surface area contributed by atoms with Crippen LogP contribution in [0.4, 0.5) is 0 Å². The number of methoxy groups -OCH3 is 1. The summed E-state index contributed by atoms with van der Waals surface area (Å²) < 4.78 is 7.39. The molecule has 25 heavy (non-hydrogen) atoms. The highest BCUT2D eigenvalue weighted by Crippen LogP contribution is 2.17. The van der Waals surface area contributed by atoms with Gasteiger partial charge in [0.25, 0.3) is 5.91 Å².